The highest BCUT2D eigenvalue weighted by Crippen LogP contribution is 2.27. The van der Waals surface area contributed by atoms with Gasteiger partial charge in [0, 0.05) is 16.7 Å². The topological polar surface area (TPSA) is 46.2 Å². The number of halogens is 1. The number of carbonyl (C=O) groups is 2. The summed E-state index contributed by atoms with van der Waals surface area (Å²) in [7, 11) is 0. The van der Waals surface area contributed by atoms with E-state index in [0.29, 0.717) is 16.7 Å². The van der Waals surface area contributed by atoms with Crippen molar-refractivity contribution in [3.05, 3.63) is 89.7 Å². The number of rotatable bonds is 4. The van der Waals surface area contributed by atoms with Crippen LogP contribution >= 0.6 is 0 Å². The van der Waals surface area contributed by atoms with E-state index in [2.05, 4.69) is 11.4 Å². The van der Waals surface area contributed by atoms with Crippen LogP contribution in [0.2, 0.25) is 0 Å². The lowest BCUT2D eigenvalue weighted by atomic mass is 10.0. The Morgan fingerprint density at radius 3 is 2.38 bits per heavy atom. The zero-order valence-corrected chi connectivity index (χ0v) is 12.6. The number of nitrogens with one attached hydrogen (secondary N) is 1. The van der Waals surface area contributed by atoms with Crippen LogP contribution < -0.4 is 5.32 Å². The van der Waals surface area contributed by atoms with Gasteiger partial charge >= 0.3 is 0 Å². The molecular weight excluding hydrogens is 305 g/mol. The summed E-state index contributed by atoms with van der Waals surface area (Å²) in [4.78, 5) is 22.9. The first-order chi connectivity index (χ1) is 11.7. The molecule has 3 rings (SSSR count). The van der Waals surface area contributed by atoms with Gasteiger partial charge in [-0.3, -0.25) is 9.59 Å². The first kappa shape index (κ1) is 15.6. The second-order valence-corrected chi connectivity index (χ2v) is 5.14. The molecule has 3 aromatic rings. The molecule has 4 heteroatoms. The van der Waals surface area contributed by atoms with E-state index >= 15 is 0 Å². The van der Waals surface area contributed by atoms with Gasteiger partial charge in [0.15, 0.2) is 5.82 Å². The molecule has 0 unspecified atom stereocenters. The summed E-state index contributed by atoms with van der Waals surface area (Å²) in [6.45, 7) is 0. The Morgan fingerprint density at radius 1 is 1.00 bits per heavy atom. The summed E-state index contributed by atoms with van der Waals surface area (Å²) in [5, 5.41) is 2.57. The van der Waals surface area contributed by atoms with Gasteiger partial charge in [0.05, 0.1) is 5.69 Å². The second-order valence-electron chi connectivity index (χ2n) is 5.14. The van der Waals surface area contributed by atoms with Crippen LogP contribution in [-0.4, -0.2) is 12.2 Å². The summed E-state index contributed by atoms with van der Waals surface area (Å²) in [6.07, 6.45) is 0.723. The van der Waals surface area contributed by atoms with Crippen LogP contribution in [0, 0.1) is 11.9 Å². The number of carbonyl (C=O) groups excluding carboxylic acids is 2. The molecule has 0 atom stereocenters. The van der Waals surface area contributed by atoms with Gasteiger partial charge in [-0.1, -0.05) is 48.5 Å². The van der Waals surface area contributed by atoms with Crippen LogP contribution in [0.25, 0.3) is 11.1 Å². The molecule has 1 radical (unpaired) electrons. The highest BCUT2D eigenvalue weighted by Gasteiger charge is 2.13. The van der Waals surface area contributed by atoms with Crippen LogP contribution in [-0.2, 0) is 0 Å². The average molecular weight is 318 g/mol. The molecule has 0 saturated carbocycles. The number of amides is 1. The van der Waals surface area contributed by atoms with E-state index < -0.39 is 5.82 Å². The third-order valence-electron chi connectivity index (χ3n) is 3.55. The minimum Gasteiger partial charge on any atom is -0.319 e. The van der Waals surface area contributed by atoms with Crippen LogP contribution in [0.5, 0.6) is 0 Å². The van der Waals surface area contributed by atoms with E-state index in [9.17, 15) is 14.0 Å². The Bertz CT molecular complexity index is 874. The maximum absolute atomic E-state index is 14.7. The highest BCUT2D eigenvalue weighted by atomic mass is 19.1. The fraction of sp³-hybridized carbons (Fsp3) is 0. The van der Waals surface area contributed by atoms with E-state index in [-0.39, 0.29) is 17.2 Å². The Labute approximate surface area is 138 Å². The smallest absolute Gasteiger partial charge is 0.255 e. The largest absolute Gasteiger partial charge is 0.319 e. The van der Waals surface area contributed by atoms with Crippen molar-refractivity contribution in [2.24, 2.45) is 0 Å². The molecule has 0 heterocycles. The molecule has 0 aromatic heterocycles. The van der Waals surface area contributed by atoms with Gasteiger partial charge in [-0.25, -0.2) is 4.39 Å². The third kappa shape index (κ3) is 3.22. The first-order valence-corrected chi connectivity index (χ1v) is 7.31. The van der Waals surface area contributed by atoms with E-state index in [1.165, 1.54) is 6.07 Å². The van der Waals surface area contributed by atoms with Gasteiger partial charge < -0.3 is 5.32 Å². The summed E-state index contributed by atoms with van der Waals surface area (Å²) in [6, 6.07) is 20.9. The molecule has 0 aliphatic heterocycles. The number of aldehydes is 1. The van der Waals surface area contributed by atoms with Crippen molar-refractivity contribution >= 4 is 17.9 Å². The molecule has 0 bridgehead atoms. The molecule has 0 aliphatic rings. The maximum Gasteiger partial charge on any atom is 0.255 e. The average Bonchev–Trinajstić information content (AvgIpc) is 2.64. The molecule has 0 saturated heterocycles. The van der Waals surface area contributed by atoms with Crippen LogP contribution in [0.15, 0.2) is 66.7 Å². The van der Waals surface area contributed by atoms with E-state index in [4.69, 9.17) is 0 Å². The SMILES string of the molecule is O=Cc1ccc(-c2[c]ccc(NC(=O)c3ccccc3)c2F)cc1. The van der Waals surface area contributed by atoms with Crippen molar-refractivity contribution in [2.45, 2.75) is 0 Å². The Morgan fingerprint density at radius 2 is 1.71 bits per heavy atom. The fourth-order valence-electron chi connectivity index (χ4n) is 2.30. The van der Waals surface area contributed by atoms with E-state index in [1.54, 1.807) is 60.7 Å². The normalized spacial score (nSPS) is 10.2. The van der Waals surface area contributed by atoms with Crippen LogP contribution in [0.1, 0.15) is 20.7 Å². The predicted octanol–water partition coefficient (Wildman–Crippen LogP) is 4.36. The van der Waals surface area contributed by atoms with Gasteiger partial charge in [0.25, 0.3) is 5.91 Å². The van der Waals surface area contributed by atoms with E-state index in [1.807, 2.05) is 0 Å². The van der Waals surface area contributed by atoms with Crippen molar-refractivity contribution in [1.82, 2.24) is 0 Å². The van der Waals surface area contributed by atoms with Gasteiger partial charge in [-0.05, 0) is 29.8 Å². The van der Waals surface area contributed by atoms with Gasteiger partial charge in [0.1, 0.15) is 6.29 Å². The molecule has 0 fully saturated rings. The molecule has 24 heavy (non-hydrogen) atoms. The molecule has 3 aromatic carbocycles. The standard InChI is InChI=1S/C20H13FNO2/c21-19-17(15-11-9-14(13-23)10-12-15)7-4-8-18(19)22-20(24)16-5-2-1-3-6-16/h1-6,8-13H,(H,22,24). The fourth-order valence-corrected chi connectivity index (χ4v) is 2.30. The molecular formula is C20H13FNO2. The van der Waals surface area contributed by atoms with Crippen molar-refractivity contribution in [2.75, 3.05) is 5.32 Å². The maximum atomic E-state index is 14.7. The molecule has 0 spiro atoms. The molecule has 1 amide bonds. The summed E-state index contributed by atoms with van der Waals surface area (Å²) < 4.78 is 14.7. The summed E-state index contributed by atoms with van der Waals surface area (Å²) in [5.41, 5.74) is 1.85. The van der Waals surface area contributed by atoms with Gasteiger partial charge in [-0.15, -0.1) is 0 Å². The Balaban J connectivity index is 1.90. The van der Waals surface area contributed by atoms with Gasteiger partial charge in [0.2, 0.25) is 0 Å². The quantitative estimate of drug-likeness (QED) is 0.727. The molecule has 117 valence electrons. The molecule has 3 nitrogen and oxygen atoms in total. The van der Waals surface area contributed by atoms with Crippen molar-refractivity contribution in [3.63, 3.8) is 0 Å². The summed E-state index contributed by atoms with van der Waals surface area (Å²) in [5.74, 6) is -0.955. The van der Waals surface area contributed by atoms with Crippen molar-refractivity contribution in [3.8, 4) is 11.1 Å². The zero-order chi connectivity index (χ0) is 16.9. The minimum atomic E-state index is -0.569. The van der Waals surface area contributed by atoms with E-state index in [0.717, 1.165) is 6.29 Å². The van der Waals surface area contributed by atoms with Crippen LogP contribution in [0.3, 0.4) is 0 Å². The highest BCUT2D eigenvalue weighted by molar-refractivity contribution is 6.04. The van der Waals surface area contributed by atoms with Gasteiger partial charge in [-0.2, -0.15) is 0 Å². The lowest BCUT2D eigenvalue weighted by Gasteiger charge is -2.10. The molecule has 0 aliphatic carbocycles. The third-order valence-corrected chi connectivity index (χ3v) is 3.55. The number of anilines is 1. The monoisotopic (exact) mass is 318 g/mol. The molecule has 1 N–H and O–H groups in total. The predicted molar refractivity (Wildman–Crippen MR) is 90.5 cm³/mol. The Hall–Kier alpha value is -3.27. The zero-order valence-electron chi connectivity index (χ0n) is 12.6. The number of hydrogen-bond donors (Lipinski definition) is 1. The Kier molecular flexibility index (Phi) is 4.47. The summed E-state index contributed by atoms with van der Waals surface area (Å²) >= 11 is 0. The van der Waals surface area contributed by atoms with Crippen LogP contribution in [0.4, 0.5) is 10.1 Å². The van der Waals surface area contributed by atoms with Crippen molar-refractivity contribution in [1.29, 1.82) is 0 Å². The minimum absolute atomic E-state index is 0.0806. The lowest BCUT2D eigenvalue weighted by Crippen LogP contribution is -2.13. The van der Waals surface area contributed by atoms with Crippen molar-refractivity contribution < 1.29 is 14.0 Å². The lowest BCUT2D eigenvalue weighted by molar-refractivity contribution is 0.102. The number of benzene rings is 3. The first-order valence-electron chi connectivity index (χ1n) is 7.31. The number of hydrogen-bond acceptors (Lipinski definition) is 2. The second kappa shape index (κ2) is 6.87.